The molecule has 1 saturated heterocycles. The molecule has 0 saturated carbocycles. The number of rotatable bonds is 6. The molecule has 9 heteroatoms. The van der Waals surface area contributed by atoms with E-state index in [1.807, 2.05) is 0 Å². The van der Waals surface area contributed by atoms with Crippen LogP contribution in [0.25, 0.3) is 5.76 Å². The van der Waals surface area contributed by atoms with E-state index < -0.39 is 17.7 Å². The van der Waals surface area contributed by atoms with Gasteiger partial charge in [-0.3, -0.25) is 9.59 Å². The van der Waals surface area contributed by atoms with Gasteiger partial charge in [-0.2, -0.15) is 0 Å². The molecule has 3 heterocycles. The molecule has 1 N–H and O–H groups in total. The molecule has 0 radical (unpaired) electrons. The van der Waals surface area contributed by atoms with Crippen LogP contribution in [0.2, 0.25) is 0 Å². The number of amides is 1. The Bertz CT molecular complexity index is 1310. The highest BCUT2D eigenvalue weighted by Crippen LogP contribution is 2.45. The van der Waals surface area contributed by atoms with Crippen LogP contribution in [0.5, 0.6) is 23.0 Å². The lowest BCUT2D eigenvalue weighted by molar-refractivity contribution is -0.140. The summed E-state index contributed by atoms with van der Waals surface area (Å²) in [5.74, 6) is 0.515. The van der Waals surface area contributed by atoms with Crippen LogP contribution >= 0.6 is 0 Å². The molecule has 0 bridgehead atoms. The Balaban J connectivity index is 1.67. The number of aliphatic hydroxyl groups excluding tert-OH is 1. The summed E-state index contributed by atoms with van der Waals surface area (Å²) in [6.45, 7) is 0.816. The van der Waals surface area contributed by atoms with Gasteiger partial charge in [0.05, 0.1) is 38.6 Å². The second kappa shape index (κ2) is 9.09. The highest BCUT2D eigenvalue weighted by molar-refractivity contribution is 6.46. The van der Waals surface area contributed by atoms with Gasteiger partial charge >= 0.3 is 0 Å². The monoisotopic (exact) mass is 477 g/mol. The molecule has 3 aromatic rings. The summed E-state index contributed by atoms with van der Waals surface area (Å²) in [6, 6.07) is 12.4. The van der Waals surface area contributed by atoms with Crippen molar-refractivity contribution >= 4 is 17.4 Å². The van der Waals surface area contributed by atoms with Gasteiger partial charge in [-0.15, -0.1) is 0 Å². The molecular weight excluding hydrogens is 454 g/mol. The molecule has 2 aliphatic heterocycles. The second-order valence-electron chi connectivity index (χ2n) is 7.97. The maximum Gasteiger partial charge on any atom is 0.296 e. The number of nitrogens with zero attached hydrogens (tertiary/aromatic N) is 1. The third-order valence-electron chi connectivity index (χ3n) is 6.00. The summed E-state index contributed by atoms with van der Waals surface area (Å²) in [4.78, 5) is 27.8. The van der Waals surface area contributed by atoms with Gasteiger partial charge in [0.25, 0.3) is 11.7 Å². The summed E-state index contributed by atoms with van der Waals surface area (Å²) in [7, 11) is 3.01. The quantitative estimate of drug-likeness (QED) is 0.325. The smallest absolute Gasteiger partial charge is 0.296 e. The van der Waals surface area contributed by atoms with Crippen LogP contribution in [-0.4, -0.2) is 49.1 Å². The van der Waals surface area contributed by atoms with Crippen molar-refractivity contribution < 1.29 is 38.1 Å². The van der Waals surface area contributed by atoms with E-state index in [4.69, 9.17) is 23.4 Å². The molecule has 2 aliphatic rings. The Labute approximate surface area is 201 Å². The standard InChI is InChI=1S/C26H23NO8/c1-31-16-6-7-18(20(13-16)32-2)23-22(25(29)26(30)27(23)14-17-4-3-9-33-17)24(28)15-5-8-19-21(12-15)35-11-10-34-19/h3-9,12-13,23,28H,10-11,14H2,1-2H3/t23-/m0/s1. The van der Waals surface area contributed by atoms with E-state index in [0.29, 0.717) is 53.1 Å². The van der Waals surface area contributed by atoms with Crippen LogP contribution in [0, 0.1) is 0 Å². The van der Waals surface area contributed by atoms with Crippen LogP contribution in [0.3, 0.4) is 0 Å². The number of carbonyl (C=O) groups is 2. The third-order valence-corrected chi connectivity index (χ3v) is 6.00. The maximum atomic E-state index is 13.3. The van der Waals surface area contributed by atoms with E-state index in [1.165, 1.54) is 25.4 Å². The lowest BCUT2D eigenvalue weighted by Crippen LogP contribution is -2.29. The molecule has 9 nitrogen and oxygen atoms in total. The average Bonchev–Trinajstić information content (AvgIpc) is 3.50. The zero-order valence-electron chi connectivity index (χ0n) is 19.1. The van der Waals surface area contributed by atoms with Gasteiger partial charge in [0.1, 0.15) is 36.2 Å². The number of methoxy groups -OCH3 is 2. The van der Waals surface area contributed by atoms with E-state index >= 15 is 0 Å². The SMILES string of the molecule is COc1ccc([C@H]2C(=C(O)c3ccc4c(c3)OCCO4)C(=O)C(=O)N2Cc2ccco2)c(OC)c1. The normalized spacial score (nSPS) is 18.6. The summed E-state index contributed by atoms with van der Waals surface area (Å²) in [5, 5.41) is 11.3. The molecule has 1 aromatic heterocycles. The van der Waals surface area contributed by atoms with Crippen LogP contribution < -0.4 is 18.9 Å². The number of likely N-dealkylation sites (tertiary alicyclic amines) is 1. The van der Waals surface area contributed by atoms with Gasteiger partial charge in [-0.25, -0.2) is 0 Å². The van der Waals surface area contributed by atoms with Gasteiger partial charge in [-0.05, 0) is 42.5 Å². The Morgan fingerprint density at radius 2 is 1.83 bits per heavy atom. The Hall–Kier alpha value is -4.40. The molecule has 1 fully saturated rings. The van der Waals surface area contributed by atoms with Crippen molar-refractivity contribution in [2.24, 2.45) is 0 Å². The van der Waals surface area contributed by atoms with E-state index in [0.717, 1.165) is 0 Å². The van der Waals surface area contributed by atoms with Gasteiger partial charge in [-0.1, -0.05) is 0 Å². The highest BCUT2D eigenvalue weighted by Gasteiger charge is 2.47. The minimum absolute atomic E-state index is 0.0232. The zero-order valence-corrected chi connectivity index (χ0v) is 19.1. The van der Waals surface area contributed by atoms with Crippen molar-refractivity contribution in [3.05, 3.63) is 77.3 Å². The molecule has 0 unspecified atom stereocenters. The first-order chi connectivity index (χ1) is 17.0. The minimum Gasteiger partial charge on any atom is -0.507 e. The lowest BCUT2D eigenvalue weighted by atomic mass is 9.94. The maximum absolute atomic E-state index is 13.3. The number of hydrogen-bond donors (Lipinski definition) is 1. The number of furan rings is 1. The van der Waals surface area contributed by atoms with Crippen LogP contribution in [0.1, 0.15) is 22.9 Å². The fourth-order valence-corrected chi connectivity index (χ4v) is 4.33. The number of ketones is 1. The molecule has 35 heavy (non-hydrogen) atoms. The van der Waals surface area contributed by atoms with Crippen molar-refractivity contribution in [1.82, 2.24) is 4.90 Å². The van der Waals surface area contributed by atoms with Gasteiger partial charge in [0, 0.05) is 17.2 Å². The van der Waals surface area contributed by atoms with E-state index in [9.17, 15) is 14.7 Å². The predicted octanol–water partition coefficient (Wildman–Crippen LogP) is 3.69. The first kappa shape index (κ1) is 22.4. The van der Waals surface area contributed by atoms with E-state index in [2.05, 4.69) is 0 Å². The topological polar surface area (TPSA) is 108 Å². The number of aliphatic hydroxyl groups is 1. The van der Waals surface area contributed by atoms with Crippen LogP contribution in [-0.2, 0) is 16.1 Å². The fourth-order valence-electron chi connectivity index (χ4n) is 4.33. The first-order valence-electron chi connectivity index (χ1n) is 10.9. The highest BCUT2D eigenvalue weighted by atomic mass is 16.6. The third kappa shape index (κ3) is 3.95. The molecule has 0 aliphatic carbocycles. The molecule has 2 aromatic carbocycles. The summed E-state index contributed by atoms with van der Waals surface area (Å²) >= 11 is 0. The number of Topliss-reactive ketones (excluding diaryl/α,β-unsaturated/α-hetero) is 1. The largest absolute Gasteiger partial charge is 0.507 e. The first-order valence-corrected chi connectivity index (χ1v) is 10.9. The molecule has 0 spiro atoms. The van der Waals surface area contributed by atoms with Crippen LogP contribution in [0.4, 0.5) is 0 Å². The average molecular weight is 477 g/mol. The van der Waals surface area contributed by atoms with Gasteiger partial charge in [0.2, 0.25) is 0 Å². The molecule has 180 valence electrons. The number of ether oxygens (including phenoxy) is 4. The van der Waals surface area contributed by atoms with Crippen LogP contribution in [0.15, 0.2) is 64.8 Å². The molecule has 5 rings (SSSR count). The van der Waals surface area contributed by atoms with E-state index in [1.54, 1.807) is 48.5 Å². The number of fused-ring (bicyclic) bond motifs is 1. The summed E-state index contributed by atoms with van der Waals surface area (Å²) in [6.07, 6.45) is 1.49. The Kier molecular flexibility index (Phi) is 5.82. The van der Waals surface area contributed by atoms with E-state index in [-0.39, 0.29) is 17.9 Å². The number of hydrogen-bond acceptors (Lipinski definition) is 8. The molecule has 1 atom stereocenters. The second-order valence-corrected chi connectivity index (χ2v) is 7.97. The number of carbonyl (C=O) groups excluding carboxylic acids is 2. The summed E-state index contributed by atoms with van der Waals surface area (Å²) < 4.78 is 27.5. The molecule has 1 amide bonds. The number of benzene rings is 2. The minimum atomic E-state index is -0.936. The van der Waals surface area contributed by atoms with Crippen molar-refractivity contribution in [2.45, 2.75) is 12.6 Å². The summed E-state index contributed by atoms with van der Waals surface area (Å²) in [5.41, 5.74) is 0.766. The zero-order chi connectivity index (χ0) is 24.5. The Morgan fingerprint density at radius 1 is 1.03 bits per heavy atom. The lowest BCUT2D eigenvalue weighted by Gasteiger charge is -2.26. The van der Waals surface area contributed by atoms with Crippen molar-refractivity contribution in [2.75, 3.05) is 27.4 Å². The van der Waals surface area contributed by atoms with Gasteiger partial charge < -0.3 is 33.4 Å². The van der Waals surface area contributed by atoms with Gasteiger partial charge in [0.15, 0.2) is 11.5 Å². The Morgan fingerprint density at radius 3 is 2.54 bits per heavy atom. The predicted molar refractivity (Wildman–Crippen MR) is 124 cm³/mol. The van der Waals surface area contributed by atoms with Crippen molar-refractivity contribution in [3.8, 4) is 23.0 Å². The van der Waals surface area contributed by atoms with Crippen molar-refractivity contribution in [3.63, 3.8) is 0 Å². The fraction of sp³-hybridized carbons (Fsp3) is 0.231. The molecular formula is C26H23NO8. The van der Waals surface area contributed by atoms with Crippen molar-refractivity contribution in [1.29, 1.82) is 0 Å².